The third kappa shape index (κ3) is 27.7. The number of hydrogen-bond acceptors (Lipinski definition) is 17. The van der Waals surface area contributed by atoms with Crippen molar-refractivity contribution < 1.29 is 83.1 Å². The zero-order valence-corrected chi connectivity index (χ0v) is 45.4. The van der Waals surface area contributed by atoms with Crippen LogP contribution in [0.25, 0.3) is 0 Å². The van der Waals surface area contributed by atoms with E-state index in [0.29, 0.717) is 103 Å². The second-order valence-corrected chi connectivity index (χ2v) is 20.7. The Kier molecular flexibility index (Phi) is 33.7. The number of unbranched alkanes of at least 4 members (excludes halogenated alkanes) is 7. The molecule has 434 valence electrons. The standard InChI is InChI=1S/C52H94N6O17/c1-7-8-26-71-33-52(5,6)29-34(2)30-55-41(64)22-12-9-16-25-54-49(70)37(58-42(65)23-14-11-19-28-73-51-44(57-36(4)62)48(69)46(67)39(32-60)75-51)20-15-17-24-53-40(63)21-13-10-18-27-72-50-43(56-35(3)61)47(68)45(66)38(31-59)74-50/h8,26,34,37-39,43-48,50-51,59-60,66-69H,7,9-25,27-33H2,1-6H3,(H,53,63)(H,54,70)(H,55,64)(H,56,61)(H,57,62)(H,58,65)/b26-8-/t34?,37-,38?,39?,43?,44?,45?,46?,47?,48?,50?,51?/m0/s1. The molecule has 23 nitrogen and oxygen atoms in total. The van der Waals surface area contributed by atoms with Gasteiger partial charge in [-0.25, -0.2) is 0 Å². The number of amides is 6. The van der Waals surface area contributed by atoms with E-state index in [9.17, 15) is 59.4 Å². The number of ether oxygens (including phenoxy) is 5. The number of hydrogen-bond donors (Lipinski definition) is 12. The molecule has 0 bridgehead atoms. The molecule has 75 heavy (non-hydrogen) atoms. The van der Waals surface area contributed by atoms with Crippen molar-refractivity contribution in [1.29, 1.82) is 0 Å². The fourth-order valence-electron chi connectivity index (χ4n) is 8.89. The molecule has 0 aromatic rings. The summed E-state index contributed by atoms with van der Waals surface area (Å²) in [5.41, 5.74) is -0.0337. The molecule has 0 aromatic carbocycles. The molecule has 0 saturated carbocycles. The van der Waals surface area contributed by atoms with E-state index in [2.05, 4.69) is 52.7 Å². The molecular formula is C52H94N6O17. The van der Waals surface area contributed by atoms with E-state index in [1.807, 2.05) is 13.0 Å². The van der Waals surface area contributed by atoms with Gasteiger partial charge in [0.2, 0.25) is 35.4 Å². The summed E-state index contributed by atoms with van der Waals surface area (Å²) in [7, 11) is 0. The van der Waals surface area contributed by atoms with Crippen molar-refractivity contribution in [3.8, 4) is 0 Å². The zero-order chi connectivity index (χ0) is 55.8. The third-order valence-corrected chi connectivity index (χ3v) is 12.9. The first-order valence-corrected chi connectivity index (χ1v) is 27.1. The maximum Gasteiger partial charge on any atom is 0.242 e. The molecule has 11 unspecified atom stereocenters. The van der Waals surface area contributed by atoms with E-state index in [0.717, 1.165) is 19.3 Å². The second-order valence-electron chi connectivity index (χ2n) is 20.7. The molecule has 2 heterocycles. The molecular weight excluding hydrogens is 981 g/mol. The fourth-order valence-corrected chi connectivity index (χ4v) is 8.89. The minimum Gasteiger partial charge on any atom is -0.501 e. The lowest BCUT2D eigenvalue weighted by Gasteiger charge is -2.42. The summed E-state index contributed by atoms with van der Waals surface area (Å²) in [6.45, 7) is 12.1. The van der Waals surface area contributed by atoms with Crippen LogP contribution in [0.2, 0.25) is 0 Å². The molecule has 2 saturated heterocycles. The third-order valence-electron chi connectivity index (χ3n) is 12.9. The van der Waals surface area contributed by atoms with E-state index < -0.39 is 92.4 Å². The molecule has 12 atom stereocenters. The molecule has 2 fully saturated rings. The first-order valence-electron chi connectivity index (χ1n) is 27.1. The van der Waals surface area contributed by atoms with Crippen molar-refractivity contribution in [2.24, 2.45) is 11.3 Å². The lowest BCUT2D eigenvalue weighted by atomic mass is 9.84. The lowest BCUT2D eigenvalue weighted by Crippen LogP contribution is -2.64. The lowest BCUT2D eigenvalue weighted by molar-refractivity contribution is -0.270. The molecule has 12 N–H and O–H groups in total. The van der Waals surface area contributed by atoms with Gasteiger partial charge < -0.3 is 86.2 Å². The van der Waals surface area contributed by atoms with Gasteiger partial charge in [-0.05, 0) is 82.0 Å². The Hall–Kier alpha value is -4.04. The first-order chi connectivity index (χ1) is 35.7. The number of carbonyl (C=O) groups is 6. The maximum atomic E-state index is 13.4. The van der Waals surface area contributed by atoms with Crippen LogP contribution >= 0.6 is 0 Å². The van der Waals surface area contributed by atoms with Crippen LogP contribution in [0.1, 0.15) is 151 Å². The molecule has 0 aromatic heterocycles. The van der Waals surface area contributed by atoms with E-state index in [1.54, 1.807) is 6.26 Å². The van der Waals surface area contributed by atoms with E-state index in [-0.39, 0.29) is 61.0 Å². The van der Waals surface area contributed by atoms with Gasteiger partial charge in [0, 0.05) is 66.0 Å². The Balaban J connectivity index is 1.80. The molecule has 2 aliphatic heterocycles. The fraction of sp³-hybridized carbons (Fsp3) is 0.846. The SMILES string of the molecule is CC/C=C\OCC(C)(C)CC(C)CNC(=O)CCCCCNC(=O)[C@H](CCCCNC(=O)CCCCCOC1OC(CO)C(O)C(O)C1NC(C)=O)NC(=O)CCCCCOC1OC(CO)C(O)C(O)C1NC(C)=O. The van der Waals surface area contributed by atoms with Crippen LogP contribution in [0.15, 0.2) is 12.3 Å². The van der Waals surface area contributed by atoms with Crippen LogP contribution in [0.5, 0.6) is 0 Å². The van der Waals surface area contributed by atoms with Crippen molar-refractivity contribution >= 4 is 35.4 Å². The summed E-state index contributed by atoms with van der Waals surface area (Å²) in [5.74, 6) is -1.45. The maximum absolute atomic E-state index is 13.4. The van der Waals surface area contributed by atoms with Gasteiger partial charge in [0.25, 0.3) is 0 Å². The Morgan fingerprint density at radius 3 is 1.61 bits per heavy atom. The number of allylic oxidation sites excluding steroid dienone is 1. The highest BCUT2D eigenvalue weighted by Gasteiger charge is 2.46. The Morgan fingerprint density at radius 1 is 0.627 bits per heavy atom. The van der Waals surface area contributed by atoms with Gasteiger partial charge >= 0.3 is 0 Å². The van der Waals surface area contributed by atoms with Crippen molar-refractivity contribution in [1.82, 2.24) is 31.9 Å². The van der Waals surface area contributed by atoms with Gasteiger partial charge in [-0.2, -0.15) is 0 Å². The number of aliphatic hydroxyl groups is 6. The molecule has 0 aliphatic carbocycles. The van der Waals surface area contributed by atoms with Crippen LogP contribution in [0.4, 0.5) is 0 Å². The predicted octanol–water partition coefficient (Wildman–Crippen LogP) is 0.585. The summed E-state index contributed by atoms with van der Waals surface area (Å²) < 4.78 is 28.3. The minimum absolute atomic E-state index is 0.0152. The Bertz CT molecular complexity index is 1690. The molecule has 0 radical (unpaired) electrons. The molecule has 0 spiro atoms. The van der Waals surface area contributed by atoms with Crippen LogP contribution in [0, 0.1) is 11.3 Å². The Morgan fingerprint density at radius 2 is 1.11 bits per heavy atom. The van der Waals surface area contributed by atoms with Gasteiger partial charge in [0.15, 0.2) is 12.6 Å². The first kappa shape index (κ1) is 67.1. The smallest absolute Gasteiger partial charge is 0.242 e. The monoisotopic (exact) mass is 1070 g/mol. The summed E-state index contributed by atoms with van der Waals surface area (Å²) in [6.07, 6.45) is 2.90. The normalized spacial score (nSPS) is 24.7. The quantitative estimate of drug-likeness (QED) is 0.0296. The van der Waals surface area contributed by atoms with Gasteiger partial charge in [-0.15, -0.1) is 0 Å². The van der Waals surface area contributed by atoms with Crippen molar-refractivity contribution in [3.05, 3.63) is 12.3 Å². The van der Waals surface area contributed by atoms with E-state index in [1.165, 1.54) is 13.8 Å². The highest BCUT2D eigenvalue weighted by molar-refractivity contribution is 5.87. The number of rotatable bonds is 39. The van der Waals surface area contributed by atoms with Crippen LogP contribution < -0.4 is 31.9 Å². The number of nitrogens with one attached hydrogen (secondary N) is 6. The highest BCUT2D eigenvalue weighted by Crippen LogP contribution is 2.27. The predicted molar refractivity (Wildman–Crippen MR) is 276 cm³/mol. The van der Waals surface area contributed by atoms with Crippen molar-refractivity contribution in [2.75, 3.05) is 52.7 Å². The van der Waals surface area contributed by atoms with Gasteiger partial charge in [0.1, 0.15) is 54.7 Å². The Labute approximate surface area is 443 Å². The second kappa shape index (κ2) is 37.7. The molecule has 2 aliphatic rings. The van der Waals surface area contributed by atoms with Gasteiger partial charge in [0.05, 0.1) is 26.1 Å². The average Bonchev–Trinajstić information content (AvgIpc) is 3.35. The largest absolute Gasteiger partial charge is 0.501 e. The summed E-state index contributed by atoms with van der Waals surface area (Å²) in [4.78, 5) is 75.1. The van der Waals surface area contributed by atoms with Crippen molar-refractivity contribution in [3.63, 3.8) is 0 Å². The molecule has 2 rings (SSSR count). The van der Waals surface area contributed by atoms with E-state index >= 15 is 0 Å². The summed E-state index contributed by atoms with van der Waals surface area (Å²) in [6, 6.07) is -2.91. The minimum atomic E-state index is -1.43. The van der Waals surface area contributed by atoms with Crippen LogP contribution in [0.3, 0.4) is 0 Å². The summed E-state index contributed by atoms with van der Waals surface area (Å²) >= 11 is 0. The van der Waals surface area contributed by atoms with Gasteiger partial charge in [-0.3, -0.25) is 28.8 Å². The zero-order valence-electron chi connectivity index (χ0n) is 45.4. The average molecular weight is 1080 g/mol. The van der Waals surface area contributed by atoms with Crippen LogP contribution in [-0.2, 0) is 52.5 Å². The van der Waals surface area contributed by atoms with Gasteiger partial charge in [-0.1, -0.05) is 53.0 Å². The molecule has 6 amide bonds. The molecule has 23 heteroatoms. The number of carbonyl (C=O) groups excluding carboxylic acids is 6. The topological polar surface area (TPSA) is 342 Å². The van der Waals surface area contributed by atoms with Crippen LogP contribution in [-0.4, -0.2) is 186 Å². The van der Waals surface area contributed by atoms with E-state index in [4.69, 9.17) is 23.7 Å². The highest BCUT2D eigenvalue weighted by atomic mass is 16.7. The van der Waals surface area contributed by atoms with Crippen molar-refractivity contribution in [2.45, 2.75) is 218 Å². The summed E-state index contributed by atoms with van der Waals surface area (Å²) in [5, 5.41) is 77.2. The number of aliphatic hydroxyl groups excluding tert-OH is 6.